The number of hydrogen-bond donors (Lipinski definition) is 1. The number of anilines is 2. The number of morpholine rings is 1. The average molecular weight is 402 g/mol. The second-order valence-corrected chi connectivity index (χ2v) is 7.23. The molecule has 3 aromatic rings. The minimum atomic E-state index is -0.406. The number of carbonyl (C=O) groups is 1. The number of nitrogens with zero attached hydrogens (tertiary/aromatic N) is 1. The highest BCUT2D eigenvalue weighted by atomic mass is 16.5. The van der Waals surface area contributed by atoms with E-state index in [1.165, 1.54) is 0 Å². The maximum atomic E-state index is 13.6. The third kappa shape index (κ3) is 4.47. The van der Waals surface area contributed by atoms with Crippen molar-refractivity contribution in [2.45, 2.75) is 5.92 Å². The summed E-state index contributed by atoms with van der Waals surface area (Å²) in [5, 5.41) is 3.18. The lowest BCUT2D eigenvalue weighted by molar-refractivity contribution is -0.116. The molecule has 1 saturated heterocycles. The van der Waals surface area contributed by atoms with Crippen LogP contribution in [0.15, 0.2) is 78.9 Å². The smallest absolute Gasteiger partial charge is 0.236 e. The molecule has 1 aliphatic heterocycles. The summed E-state index contributed by atoms with van der Waals surface area (Å²) in [7, 11) is 1.63. The maximum absolute atomic E-state index is 13.6. The zero-order chi connectivity index (χ0) is 20.8. The lowest BCUT2D eigenvalue weighted by Crippen LogP contribution is -2.37. The maximum Gasteiger partial charge on any atom is 0.236 e. The van der Waals surface area contributed by atoms with Crippen LogP contribution in [-0.4, -0.2) is 39.3 Å². The number of hydrogen-bond acceptors (Lipinski definition) is 4. The van der Waals surface area contributed by atoms with E-state index in [0.717, 1.165) is 35.6 Å². The minimum absolute atomic E-state index is 0.0739. The third-order valence-electron chi connectivity index (χ3n) is 5.34. The van der Waals surface area contributed by atoms with E-state index in [2.05, 4.69) is 10.2 Å². The highest BCUT2D eigenvalue weighted by molar-refractivity contribution is 6.00. The van der Waals surface area contributed by atoms with Crippen molar-refractivity contribution in [3.8, 4) is 5.75 Å². The summed E-state index contributed by atoms with van der Waals surface area (Å²) < 4.78 is 10.9. The summed E-state index contributed by atoms with van der Waals surface area (Å²) in [5.74, 6) is 0.226. The zero-order valence-electron chi connectivity index (χ0n) is 17.1. The van der Waals surface area contributed by atoms with Crippen molar-refractivity contribution in [1.29, 1.82) is 0 Å². The molecule has 3 aromatic carbocycles. The Balaban J connectivity index is 1.68. The van der Waals surface area contributed by atoms with Gasteiger partial charge in [0.05, 0.1) is 37.6 Å². The van der Waals surface area contributed by atoms with Gasteiger partial charge in [-0.3, -0.25) is 4.79 Å². The summed E-state index contributed by atoms with van der Waals surface area (Å²) in [5.41, 5.74) is 3.64. The number of rotatable bonds is 6. The topological polar surface area (TPSA) is 50.8 Å². The monoisotopic (exact) mass is 402 g/mol. The molecule has 0 radical (unpaired) electrons. The zero-order valence-corrected chi connectivity index (χ0v) is 17.1. The van der Waals surface area contributed by atoms with E-state index in [-0.39, 0.29) is 5.91 Å². The summed E-state index contributed by atoms with van der Waals surface area (Å²) in [6, 6.07) is 25.5. The molecule has 0 atom stereocenters. The predicted molar refractivity (Wildman–Crippen MR) is 119 cm³/mol. The van der Waals surface area contributed by atoms with Crippen LogP contribution in [-0.2, 0) is 9.53 Å². The molecule has 1 heterocycles. The van der Waals surface area contributed by atoms with Gasteiger partial charge in [-0.1, -0.05) is 60.7 Å². The van der Waals surface area contributed by atoms with Crippen molar-refractivity contribution in [1.82, 2.24) is 0 Å². The van der Waals surface area contributed by atoms with Crippen LogP contribution < -0.4 is 15.0 Å². The fourth-order valence-corrected chi connectivity index (χ4v) is 3.81. The second kappa shape index (κ2) is 9.46. The van der Waals surface area contributed by atoms with Crippen LogP contribution in [0.4, 0.5) is 11.4 Å². The van der Waals surface area contributed by atoms with E-state index < -0.39 is 5.92 Å². The first-order valence-electron chi connectivity index (χ1n) is 10.2. The first-order valence-corrected chi connectivity index (χ1v) is 10.2. The Bertz CT molecular complexity index is 931. The van der Waals surface area contributed by atoms with Gasteiger partial charge in [0.1, 0.15) is 5.75 Å². The first kappa shape index (κ1) is 20.0. The number of ether oxygens (including phenoxy) is 2. The van der Waals surface area contributed by atoms with Gasteiger partial charge in [0, 0.05) is 19.2 Å². The van der Waals surface area contributed by atoms with Gasteiger partial charge in [0.25, 0.3) is 0 Å². The fraction of sp³-hybridized carbons (Fsp3) is 0.240. The lowest BCUT2D eigenvalue weighted by atomic mass is 9.90. The molecule has 5 heteroatoms. The van der Waals surface area contributed by atoms with Gasteiger partial charge in [-0.05, 0) is 23.3 Å². The largest absolute Gasteiger partial charge is 0.497 e. The highest BCUT2D eigenvalue weighted by Crippen LogP contribution is 2.33. The fourth-order valence-electron chi connectivity index (χ4n) is 3.81. The van der Waals surface area contributed by atoms with E-state index in [0.29, 0.717) is 19.0 Å². The van der Waals surface area contributed by atoms with Crippen molar-refractivity contribution < 1.29 is 14.3 Å². The molecule has 0 aliphatic carbocycles. The number of methoxy groups -OCH3 is 1. The molecule has 1 fully saturated rings. The molecule has 5 nitrogen and oxygen atoms in total. The van der Waals surface area contributed by atoms with Crippen molar-refractivity contribution in [3.05, 3.63) is 90.0 Å². The van der Waals surface area contributed by atoms with Crippen LogP contribution in [0.25, 0.3) is 0 Å². The molecular weight excluding hydrogens is 376 g/mol. The van der Waals surface area contributed by atoms with Crippen molar-refractivity contribution in [3.63, 3.8) is 0 Å². The molecule has 0 bridgehead atoms. The minimum Gasteiger partial charge on any atom is -0.497 e. The Morgan fingerprint density at radius 3 is 2.10 bits per heavy atom. The molecule has 1 aliphatic rings. The van der Waals surface area contributed by atoms with E-state index in [1.807, 2.05) is 78.9 Å². The Morgan fingerprint density at radius 1 is 0.933 bits per heavy atom. The lowest BCUT2D eigenvalue weighted by Gasteiger charge is -2.31. The van der Waals surface area contributed by atoms with Gasteiger partial charge in [-0.2, -0.15) is 0 Å². The van der Waals surface area contributed by atoms with Gasteiger partial charge in [0.2, 0.25) is 5.91 Å². The van der Waals surface area contributed by atoms with Gasteiger partial charge in [-0.25, -0.2) is 0 Å². The number of amides is 1. The van der Waals surface area contributed by atoms with Crippen molar-refractivity contribution >= 4 is 17.3 Å². The van der Waals surface area contributed by atoms with Crippen LogP contribution in [0.2, 0.25) is 0 Å². The highest BCUT2D eigenvalue weighted by Gasteiger charge is 2.24. The van der Waals surface area contributed by atoms with Gasteiger partial charge < -0.3 is 19.7 Å². The Morgan fingerprint density at radius 2 is 1.53 bits per heavy atom. The van der Waals surface area contributed by atoms with Gasteiger partial charge in [-0.15, -0.1) is 0 Å². The molecule has 0 spiro atoms. The number of nitrogens with one attached hydrogen (secondary N) is 1. The molecule has 0 saturated carbocycles. The van der Waals surface area contributed by atoms with Crippen LogP contribution in [0, 0.1) is 0 Å². The molecule has 0 aromatic heterocycles. The molecule has 0 unspecified atom stereocenters. The van der Waals surface area contributed by atoms with E-state index in [4.69, 9.17) is 9.47 Å². The van der Waals surface area contributed by atoms with Gasteiger partial charge in [0.15, 0.2) is 0 Å². The average Bonchev–Trinajstić information content (AvgIpc) is 2.81. The Hall–Kier alpha value is -3.31. The second-order valence-electron chi connectivity index (χ2n) is 7.23. The standard InChI is InChI=1S/C25H26N2O3/c1-29-21-12-13-23(27-14-16-30-17-15-27)22(18-21)26-25(28)24(19-8-4-2-5-9-19)20-10-6-3-7-11-20/h2-13,18,24H,14-17H2,1H3,(H,26,28). The van der Waals surface area contributed by atoms with Gasteiger partial charge >= 0.3 is 0 Å². The molecule has 1 N–H and O–H groups in total. The van der Waals surface area contributed by atoms with Crippen LogP contribution in [0.3, 0.4) is 0 Å². The Kier molecular flexibility index (Phi) is 6.30. The van der Waals surface area contributed by atoms with E-state index >= 15 is 0 Å². The number of benzene rings is 3. The van der Waals surface area contributed by atoms with Crippen LogP contribution in [0.5, 0.6) is 5.75 Å². The summed E-state index contributed by atoms with van der Waals surface area (Å²) >= 11 is 0. The Labute approximate surface area is 177 Å². The summed E-state index contributed by atoms with van der Waals surface area (Å²) in [4.78, 5) is 15.8. The van der Waals surface area contributed by atoms with Crippen LogP contribution in [0.1, 0.15) is 17.0 Å². The summed E-state index contributed by atoms with van der Waals surface area (Å²) in [6.07, 6.45) is 0. The van der Waals surface area contributed by atoms with E-state index in [1.54, 1.807) is 7.11 Å². The van der Waals surface area contributed by atoms with Crippen molar-refractivity contribution in [2.75, 3.05) is 43.6 Å². The normalized spacial score (nSPS) is 13.9. The third-order valence-corrected chi connectivity index (χ3v) is 5.34. The molecule has 30 heavy (non-hydrogen) atoms. The molecule has 4 rings (SSSR count). The molecule has 1 amide bonds. The number of carbonyl (C=O) groups excluding carboxylic acids is 1. The first-order chi connectivity index (χ1) is 14.8. The molecular formula is C25H26N2O3. The van der Waals surface area contributed by atoms with E-state index in [9.17, 15) is 4.79 Å². The summed E-state index contributed by atoms with van der Waals surface area (Å²) in [6.45, 7) is 2.93. The SMILES string of the molecule is COc1ccc(N2CCOCC2)c(NC(=O)C(c2ccccc2)c2ccccc2)c1. The van der Waals surface area contributed by atoms with Crippen molar-refractivity contribution in [2.24, 2.45) is 0 Å². The van der Waals surface area contributed by atoms with Crippen LogP contribution >= 0.6 is 0 Å². The quantitative estimate of drug-likeness (QED) is 0.668. The molecule has 154 valence electrons. The predicted octanol–water partition coefficient (Wildman–Crippen LogP) is 4.30.